The number of amides is 1. The monoisotopic (exact) mass is 246 g/mol. The summed E-state index contributed by atoms with van der Waals surface area (Å²) in [6, 6.07) is 10.1. The molecule has 1 heterocycles. The third-order valence-corrected chi connectivity index (χ3v) is 2.82. The molecular weight excluding hydrogens is 228 g/mol. The van der Waals surface area contributed by atoms with Gasteiger partial charge in [-0.3, -0.25) is 4.79 Å². The summed E-state index contributed by atoms with van der Waals surface area (Å²) in [5, 5.41) is 3.11. The average molecular weight is 246 g/mol. The fraction of sp³-hybridized carbons (Fsp3) is 0.357. The predicted molar refractivity (Wildman–Crippen MR) is 69.8 cm³/mol. The molecule has 1 aromatic rings. The van der Waals surface area contributed by atoms with Gasteiger partial charge >= 0.3 is 0 Å². The van der Waals surface area contributed by atoms with Gasteiger partial charge in [0.2, 0.25) is 5.91 Å². The Morgan fingerprint density at radius 1 is 1.28 bits per heavy atom. The lowest BCUT2D eigenvalue weighted by atomic mass is 10.2. The highest BCUT2D eigenvalue weighted by Crippen LogP contribution is 1.99. The molecule has 1 aromatic carbocycles. The summed E-state index contributed by atoms with van der Waals surface area (Å²) >= 11 is 0. The van der Waals surface area contributed by atoms with Crippen molar-refractivity contribution >= 4 is 5.91 Å². The molecule has 1 saturated heterocycles. The molecule has 0 unspecified atom stereocenters. The molecule has 1 fully saturated rings. The second kappa shape index (κ2) is 6.81. The van der Waals surface area contributed by atoms with E-state index in [1.807, 2.05) is 30.3 Å². The number of hydrogen-bond donors (Lipinski definition) is 1. The second-order valence-corrected chi connectivity index (χ2v) is 4.14. The molecule has 4 heteroatoms. The first-order valence-electron chi connectivity index (χ1n) is 6.17. The molecular formula is C14H18N2O2. The Labute approximate surface area is 107 Å². The summed E-state index contributed by atoms with van der Waals surface area (Å²) in [5.74, 6) is 0.0406. The highest BCUT2D eigenvalue weighted by atomic mass is 16.5. The lowest BCUT2D eigenvalue weighted by molar-refractivity contribution is -0.130. The predicted octanol–water partition coefficient (Wildman–Crippen LogP) is 1.15. The molecule has 4 nitrogen and oxygen atoms in total. The van der Waals surface area contributed by atoms with E-state index >= 15 is 0 Å². The average Bonchev–Trinajstić information content (AvgIpc) is 2.45. The van der Waals surface area contributed by atoms with E-state index in [1.165, 1.54) is 5.56 Å². The van der Waals surface area contributed by atoms with Crippen molar-refractivity contribution in [3.63, 3.8) is 0 Å². The molecule has 0 saturated carbocycles. The zero-order chi connectivity index (χ0) is 12.6. The third kappa shape index (κ3) is 3.89. The minimum atomic E-state index is 0.0406. The van der Waals surface area contributed by atoms with Gasteiger partial charge in [0.25, 0.3) is 0 Å². The van der Waals surface area contributed by atoms with Crippen LogP contribution < -0.4 is 5.32 Å². The molecule has 0 atom stereocenters. The zero-order valence-electron chi connectivity index (χ0n) is 10.3. The fourth-order valence-electron chi connectivity index (χ4n) is 1.79. The van der Waals surface area contributed by atoms with Crippen molar-refractivity contribution in [1.29, 1.82) is 0 Å². The van der Waals surface area contributed by atoms with E-state index in [1.54, 1.807) is 17.2 Å². The van der Waals surface area contributed by atoms with Crippen molar-refractivity contribution < 1.29 is 9.53 Å². The minimum Gasteiger partial charge on any atom is -0.387 e. The van der Waals surface area contributed by atoms with Crippen LogP contribution in [0.4, 0.5) is 0 Å². The summed E-state index contributed by atoms with van der Waals surface area (Å²) < 4.78 is 5.20. The van der Waals surface area contributed by atoms with Gasteiger partial charge in [-0.15, -0.1) is 0 Å². The molecule has 1 aliphatic rings. The van der Waals surface area contributed by atoms with Gasteiger partial charge in [-0.25, -0.2) is 0 Å². The van der Waals surface area contributed by atoms with E-state index < -0.39 is 0 Å². The number of ether oxygens (including phenoxy) is 1. The number of benzene rings is 1. The maximum atomic E-state index is 11.8. The van der Waals surface area contributed by atoms with Gasteiger partial charge in [-0.2, -0.15) is 0 Å². The molecule has 1 N–H and O–H groups in total. The Morgan fingerprint density at radius 2 is 2.00 bits per heavy atom. The summed E-state index contributed by atoms with van der Waals surface area (Å²) in [6.07, 6.45) is 3.29. The lowest BCUT2D eigenvalue weighted by Gasteiger charge is -2.25. The summed E-state index contributed by atoms with van der Waals surface area (Å²) in [6.45, 7) is 3.37. The molecule has 0 bridgehead atoms. The highest BCUT2D eigenvalue weighted by molar-refractivity contribution is 5.87. The normalized spacial score (nSPS) is 15.9. The van der Waals surface area contributed by atoms with E-state index in [4.69, 9.17) is 4.74 Å². The third-order valence-electron chi connectivity index (χ3n) is 2.82. The van der Waals surface area contributed by atoms with Crippen LogP contribution in [0.5, 0.6) is 0 Å². The van der Waals surface area contributed by atoms with E-state index in [0.29, 0.717) is 26.3 Å². The minimum absolute atomic E-state index is 0.0406. The molecule has 1 amide bonds. The Bertz CT molecular complexity index is 398. The van der Waals surface area contributed by atoms with E-state index in [-0.39, 0.29) is 5.91 Å². The van der Waals surface area contributed by atoms with Crippen LogP contribution in [0.1, 0.15) is 5.56 Å². The second-order valence-electron chi connectivity index (χ2n) is 4.14. The molecule has 0 aliphatic carbocycles. The molecule has 96 valence electrons. The van der Waals surface area contributed by atoms with Gasteiger partial charge in [0.05, 0.1) is 13.2 Å². The van der Waals surface area contributed by atoms with Crippen LogP contribution in [0, 0.1) is 0 Å². The van der Waals surface area contributed by atoms with Crippen molar-refractivity contribution in [2.75, 3.05) is 26.3 Å². The number of morpholine rings is 1. The Morgan fingerprint density at radius 3 is 2.72 bits per heavy atom. The van der Waals surface area contributed by atoms with Crippen molar-refractivity contribution in [2.24, 2.45) is 0 Å². The van der Waals surface area contributed by atoms with Gasteiger partial charge in [-0.05, 0) is 5.56 Å². The van der Waals surface area contributed by atoms with Gasteiger partial charge in [0.15, 0.2) is 0 Å². The summed E-state index contributed by atoms with van der Waals surface area (Å²) in [4.78, 5) is 13.5. The fourth-order valence-corrected chi connectivity index (χ4v) is 1.79. The molecule has 18 heavy (non-hydrogen) atoms. The van der Waals surface area contributed by atoms with Gasteiger partial charge in [0, 0.05) is 31.9 Å². The van der Waals surface area contributed by atoms with Crippen molar-refractivity contribution in [2.45, 2.75) is 6.54 Å². The van der Waals surface area contributed by atoms with Gasteiger partial charge in [0.1, 0.15) is 0 Å². The SMILES string of the molecule is O=C(/C=C/NCc1ccccc1)N1CCOCC1. The molecule has 0 aromatic heterocycles. The smallest absolute Gasteiger partial charge is 0.248 e. The first-order chi connectivity index (χ1) is 8.86. The first-order valence-corrected chi connectivity index (χ1v) is 6.17. The van der Waals surface area contributed by atoms with Crippen LogP contribution in [0.2, 0.25) is 0 Å². The Hall–Kier alpha value is -1.81. The number of carbonyl (C=O) groups excluding carboxylic acids is 1. The quantitative estimate of drug-likeness (QED) is 0.810. The van der Waals surface area contributed by atoms with Crippen molar-refractivity contribution in [1.82, 2.24) is 10.2 Å². The van der Waals surface area contributed by atoms with Crippen LogP contribution in [-0.4, -0.2) is 37.1 Å². The largest absolute Gasteiger partial charge is 0.387 e. The zero-order valence-corrected chi connectivity index (χ0v) is 10.3. The van der Waals surface area contributed by atoms with E-state index in [0.717, 1.165) is 6.54 Å². The lowest BCUT2D eigenvalue weighted by Crippen LogP contribution is -2.39. The number of nitrogens with zero attached hydrogens (tertiary/aromatic N) is 1. The molecule has 0 spiro atoms. The van der Waals surface area contributed by atoms with Crippen LogP contribution in [0.25, 0.3) is 0 Å². The number of rotatable bonds is 4. The molecule has 2 rings (SSSR count). The van der Waals surface area contributed by atoms with Crippen LogP contribution in [0.3, 0.4) is 0 Å². The maximum Gasteiger partial charge on any atom is 0.248 e. The number of hydrogen-bond acceptors (Lipinski definition) is 3. The van der Waals surface area contributed by atoms with Gasteiger partial charge < -0.3 is 15.0 Å². The molecule has 0 radical (unpaired) electrons. The highest BCUT2D eigenvalue weighted by Gasteiger charge is 2.13. The number of nitrogens with one attached hydrogen (secondary N) is 1. The standard InChI is InChI=1S/C14H18N2O2/c17-14(16-8-10-18-11-9-16)6-7-15-12-13-4-2-1-3-5-13/h1-7,15H,8-12H2/b7-6+. The first kappa shape index (κ1) is 12.6. The van der Waals surface area contributed by atoms with Crippen LogP contribution in [-0.2, 0) is 16.1 Å². The molecule has 1 aliphatic heterocycles. The Kier molecular flexibility index (Phi) is 4.78. The van der Waals surface area contributed by atoms with E-state index in [2.05, 4.69) is 5.32 Å². The van der Waals surface area contributed by atoms with Crippen molar-refractivity contribution in [3.8, 4) is 0 Å². The van der Waals surface area contributed by atoms with Crippen LogP contribution >= 0.6 is 0 Å². The Balaban J connectivity index is 1.72. The maximum absolute atomic E-state index is 11.8. The topological polar surface area (TPSA) is 41.6 Å². The van der Waals surface area contributed by atoms with Gasteiger partial charge in [-0.1, -0.05) is 30.3 Å². The number of carbonyl (C=O) groups is 1. The summed E-state index contributed by atoms with van der Waals surface area (Å²) in [7, 11) is 0. The van der Waals surface area contributed by atoms with E-state index in [9.17, 15) is 4.79 Å². The van der Waals surface area contributed by atoms with Crippen molar-refractivity contribution in [3.05, 3.63) is 48.2 Å². The van der Waals surface area contributed by atoms with Crippen LogP contribution in [0.15, 0.2) is 42.6 Å². The summed E-state index contributed by atoms with van der Waals surface area (Å²) in [5.41, 5.74) is 1.20.